The van der Waals surface area contributed by atoms with Gasteiger partial charge in [0.2, 0.25) is 10.0 Å². The van der Waals surface area contributed by atoms with Crippen LogP contribution in [0.3, 0.4) is 0 Å². The van der Waals surface area contributed by atoms with Crippen molar-refractivity contribution < 1.29 is 13.2 Å². The highest BCUT2D eigenvalue weighted by molar-refractivity contribution is 7.89. The van der Waals surface area contributed by atoms with Crippen LogP contribution in [0.15, 0.2) is 23.1 Å². The summed E-state index contributed by atoms with van der Waals surface area (Å²) >= 11 is 6.31. The average molecular weight is 470 g/mol. The zero-order chi connectivity index (χ0) is 22.5. The number of hydrogen-bond donors (Lipinski definition) is 1. The van der Waals surface area contributed by atoms with E-state index in [1.807, 2.05) is 0 Å². The van der Waals surface area contributed by atoms with Gasteiger partial charge in [-0.2, -0.15) is 4.31 Å². The second-order valence-corrected chi connectivity index (χ2v) is 11.1. The van der Waals surface area contributed by atoms with Crippen molar-refractivity contribution >= 4 is 27.5 Å². The van der Waals surface area contributed by atoms with Crippen LogP contribution in [-0.2, 0) is 10.0 Å². The summed E-state index contributed by atoms with van der Waals surface area (Å²) in [5, 5.41) is 3.38. The van der Waals surface area contributed by atoms with Gasteiger partial charge in [-0.3, -0.25) is 9.69 Å². The molecule has 0 aromatic heterocycles. The van der Waals surface area contributed by atoms with E-state index in [4.69, 9.17) is 11.6 Å². The molecule has 1 aliphatic heterocycles. The number of rotatable bonds is 8. The number of halogens is 1. The fourth-order valence-electron chi connectivity index (χ4n) is 5.07. The zero-order valence-corrected chi connectivity index (χ0v) is 20.4. The highest BCUT2D eigenvalue weighted by Gasteiger charge is 2.38. The number of nitrogens with one attached hydrogen (secondary N) is 1. The summed E-state index contributed by atoms with van der Waals surface area (Å²) in [5.41, 5.74) is 0.227. The summed E-state index contributed by atoms with van der Waals surface area (Å²) < 4.78 is 27.2. The minimum atomic E-state index is -3.65. The number of sulfonamides is 1. The van der Waals surface area contributed by atoms with Gasteiger partial charge >= 0.3 is 0 Å². The molecular formula is C23H36ClN3O3S. The monoisotopic (exact) mass is 469 g/mol. The first-order valence-electron chi connectivity index (χ1n) is 11.7. The van der Waals surface area contributed by atoms with E-state index < -0.39 is 10.0 Å². The molecule has 0 atom stereocenters. The molecular weight excluding hydrogens is 434 g/mol. The Morgan fingerprint density at radius 3 is 2.29 bits per heavy atom. The maximum atomic E-state index is 13.1. The largest absolute Gasteiger partial charge is 0.350 e. The van der Waals surface area contributed by atoms with E-state index in [2.05, 4.69) is 10.2 Å². The van der Waals surface area contributed by atoms with E-state index in [1.165, 1.54) is 61.0 Å². The Labute approximate surface area is 192 Å². The molecule has 31 heavy (non-hydrogen) atoms. The summed E-state index contributed by atoms with van der Waals surface area (Å²) in [5.74, 6) is -0.302. The smallest absolute Gasteiger partial charge is 0.252 e. The lowest BCUT2D eigenvalue weighted by atomic mass is 9.79. The van der Waals surface area contributed by atoms with Gasteiger partial charge in [0.25, 0.3) is 5.91 Å². The van der Waals surface area contributed by atoms with E-state index in [0.717, 1.165) is 25.9 Å². The molecule has 1 aromatic carbocycles. The van der Waals surface area contributed by atoms with Gasteiger partial charge in [-0.05, 0) is 57.0 Å². The van der Waals surface area contributed by atoms with Crippen molar-refractivity contribution in [3.8, 4) is 0 Å². The third kappa shape index (κ3) is 5.44. The predicted octanol–water partition coefficient (Wildman–Crippen LogP) is 4.29. The Hall–Kier alpha value is -1.15. The summed E-state index contributed by atoms with van der Waals surface area (Å²) in [7, 11) is -3.65. The average Bonchev–Trinajstić information content (AvgIpc) is 2.79. The first kappa shape index (κ1) is 24.5. The number of benzene rings is 1. The molecule has 2 aliphatic rings. The third-order valence-electron chi connectivity index (χ3n) is 6.91. The Balaban J connectivity index is 1.79. The van der Waals surface area contributed by atoms with Crippen LogP contribution in [0.2, 0.25) is 5.02 Å². The van der Waals surface area contributed by atoms with E-state index in [-0.39, 0.29) is 26.9 Å². The predicted molar refractivity (Wildman–Crippen MR) is 125 cm³/mol. The van der Waals surface area contributed by atoms with Gasteiger partial charge in [-0.15, -0.1) is 0 Å². The van der Waals surface area contributed by atoms with Crippen LogP contribution in [0.25, 0.3) is 0 Å². The van der Waals surface area contributed by atoms with Crippen LogP contribution < -0.4 is 5.32 Å². The SMILES string of the molecule is CCN(CC)S(=O)(=O)c1ccc(Cl)c(C(=O)NCC2(N3CCCCC3)CCCCC2)c1. The van der Waals surface area contributed by atoms with E-state index >= 15 is 0 Å². The standard InChI is InChI=1S/C23H36ClN3O3S/c1-3-27(4-2)31(29,30)19-11-12-21(24)20(17-19)22(28)25-18-23(13-7-5-8-14-23)26-15-9-6-10-16-26/h11-12,17H,3-10,13-16,18H2,1-2H3,(H,25,28). The maximum Gasteiger partial charge on any atom is 0.252 e. The van der Waals surface area contributed by atoms with E-state index in [0.29, 0.717) is 19.6 Å². The molecule has 0 unspecified atom stereocenters. The quantitative estimate of drug-likeness (QED) is 0.616. The van der Waals surface area contributed by atoms with Gasteiger partial charge in [0.15, 0.2) is 0 Å². The van der Waals surface area contributed by atoms with Gasteiger partial charge < -0.3 is 5.32 Å². The van der Waals surface area contributed by atoms with Gasteiger partial charge in [-0.25, -0.2) is 8.42 Å². The minimum absolute atomic E-state index is 0.00567. The van der Waals surface area contributed by atoms with Crippen LogP contribution in [0, 0.1) is 0 Å². The summed E-state index contributed by atoms with van der Waals surface area (Å²) in [4.78, 5) is 15.8. The van der Waals surface area contributed by atoms with Crippen molar-refractivity contribution in [1.82, 2.24) is 14.5 Å². The molecule has 2 fully saturated rings. The lowest BCUT2D eigenvalue weighted by molar-refractivity contribution is 0.0326. The molecule has 1 saturated carbocycles. The fourth-order valence-corrected chi connectivity index (χ4v) is 6.76. The number of carbonyl (C=O) groups is 1. The van der Waals surface area contributed by atoms with Crippen molar-refractivity contribution in [2.75, 3.05) is 32.7 Å². The molecule has 174 valence electrons. The third-order valence-corrected chi connectivity index (χ3v) is 9.29. The van der Waals surface area contributed by atoms with Crippen molar-refractivity contribution in [3.63, 3.8) is 0 Å². The normalized spacial score (nSPS) is 20.0. The second-order valence-electron chi connectivity index (χ2n) is 8.75. The second kappa shape index (κ2) is 10.6. The first-order chi connectivity index (χ1) is 14.8. The van der Waals surface area contributed by atoms with Gasteiger partial charge in [0.1, 0.15) is 0 Å². The Morgan fingerprint density at radius 1 is 1.06 bits per heavy atom. The molecule has 1 aromatic rings. The van der Waals surface area contributed by atoms with Crippen LogP contribution in [0.4, 0.5) is 0 Å². The van der Waals surface area contributed by atoms with Crippen molar-refractivity contribution in [2.45, 2.75) is 75.6 Å². The fraction of sp³-hybridized carbons (Fsp3) is 0.696. The van der Waals surface area contributed by atoms with Crippen LogP contribution in [-0.4, -0.2) is 61.8 Å². The number of piperidine rings is 1. The van der Waals surface area contributed by atoms with Crippen molar-refractivity contribution in [2.24, 2.45) is 0 Å². The molecule has 8 heteroatoms. The van der Waals surface area contributed by atoms with Gasteiger partial charge in [0, 0.05) is 25.2 Å². The molecule has 0 radical (unpaired) electrons. The van der Waals surface area contributed by atoms with Crippen LogP contribution >= 0.6 is 11.6 Å². The molecule has 6 nitrogen and oxygen atoms in total. The minimum Gasteiger partial charge on any atom is -0.350 e. The Morgan fingerprint density at radius 2 is 1.68 bits per heavy atom. The van der Waals surface area contributed by atoms with Gasteiger partial charge in [-0.1, -0.05) is 51.1 Å². The van der Waals surface area contributed by atoms with Gasteiger partial charge in [0.05, 0.1) is 15.5 Å². The molecule has 0 spiro atoms. The number of carbonyl (C=O) groups excluding carboxylic acids is 1. The topological polar surface area (TPSA) is 69.7 Å². The van der Waals surface area contributed by atoms with Crippen molar-refractivity contribution in [1.29, 1.82) is 0 Å². The Kier molecular flexibility index (Phi) is 8.41. The lowest BCUT2D eigenvalue weighted by Gasteiger charge is -2.48. The van der Waals surface area contributed by atoms with Crippen molar-refractivity contribution in [3.05, 3.63) is 28.8 Å². The number of hydrogen-bond acceptors (Lipinski definition) is 4. The molecule has 1 saturated heterocycles. The summed E-state index contributed by atoms with van der Waals surface area (Å²) in [6, 6.07) is 4.40. The highest BCUT2D eigenvalue weighted by atomic mass is 35.5. The van der Waals surface area contributed by atoms with E-state index in [1.54, 1.807) is 13.8 Å². The molecule has 1 N–H and O–H groups in total. The first-order valence-corrected chi connectivity index (χ1v) is 13.5. The highest BCUT2D eigenvalue weighted by Crippen LogP contribution is 2.35. The number of amides is 1. The van der Waals surface area contributed by atoms with Crippen LogP contribution in [0.5, 0.6) is 0 Å². The molecule has 3 rings (SSSR count). The zero-order valence-electron chi connectivity index (χ0n) is 18.8. The maximum absolute atomic E-state index is 13.1. The molecule has 1 aliphatic carbocycles. The number of likely N-dealkylation sites (tertiary alicyclic amines) is 1. The number of nitrogens with zero attached hydrogens (tertiary/aromatic N) is 2. The van der Waals surface area contributed by atoms with Crippen LogP contribution in [0.1, 0.15) is 75.6 Å². The Bertz CT molecular complexity index is 859. The molecule has 1 heterocycles. The molecule has 0 bridgehead atoms. The van der Waals surface area contributed by atoms with E-state index in [9.17, 15) is 13.2 Å². The summed E-state index contributed by atoms with van der Waals surface area (Å²) in [6.45, 7) is 7.12. The lowest BCUT2D eigenvalue weighted by Crippen LogP contribution is -2.58. The molecule has 1 amide bonds. The summed E-state index contributed by atoms with van der Waals surface area (Å²) in [6.07, 6.45) is 9.52.